The zero-order valence-electron chi connectivity index (χ0n) is 10.9. The number of hydrogen-bond donors (Lipinski definition) is 2. The Morgan fingerprint density at radius 2 is 1.82 bits per heavy atom. The molecular formula is C14H24N2O. The van der Waals surface area contributed by atoms with E-state index in [2.05, 4.69) is 36.1 Å². The van der Waals surface area contributed by atoms with Crippen molar-refractivity contribution in [2.24, 2.45) is 5.73 Å². The van der Waals surface area contributed by atoms with Gasteiger partial charge in [0.15, 0.2) is 0 Å². The molecular weight excluding hydrogens is 212 g/mol. The summed E-state index contributed by atoms with van der Waals surface area (Å²) in [5.41, 5.74) is 8.05. The number of benzene rings is 1. The lowest BCUT2D eigenvalue weighted by molar-refractivity contribution is 0.129. The van der Waals surface area contributed by atoms with Gasteiger partial charge >= 0.3 is 0 Å². The Balaban J connectivity index is 2.45. The average Bonchev–Trinajstić information content (AvgIpc) is 2.31. The van der Waals surface area contributed by atoms with E-state index in [0.29, 0.717) is 13.1 Å². The molecule has 0 radical (unpaired) electrons. The molecule has 0 aliphatic carbocycles. The van der Waals surface area contributed by atoms with Gasteiger partial charge in [0.2, 0.25) is 0 Å². The minimum absolute atomic E-state index is 0.319. The van der Waals surface area contributed by atoms with Gasteiger partial charge < -0.3 is 10.8 Å². The number of aryl methyl sites for hydroxylation is 1. The molecule has 1 aromatic carbocycles. The Bertz CT molecular complexity index is 311. The van der Waals surface area contributed by atoms with Crippen LogP contribution in [0.2, 0.25) is 0 Å². The first-order chi connectivity index (χ1) is 8.15. The summed E-state index contributed by atoms with van der Waals surface area (Å²) in [6, 6.07) is 8.70. The third kappa shape index (κ3) is 5.31. The zero-order chi connectivity index (χ0) is 12.7. The Hall–Kier alpha value is -0.900. The molecule has 1 aromatic rings. The lowest BCUT2D eigenvalue weighted by Gasteiger charge is -2.19. The van der Waals surface area contributed by atoms with Gasteiger partial charge in [-0.25, -0.2) is 0 Å². The van der Waals surface area contributed by atoms with Crippen molar-refractivity contribution in [3.63, 3.8) is 0 Å². The summed E-state index contributed by atoms with van der Waals surface area (Å²) in [7, 11) is 2.00. The smallest absolute Gasteiger partial charge is 0.0789 e. The number of aliphatic hydroxyl groups excluding tert-OH is 1. The van der Waals surface area contributed by atoms with E-state index >= 15 is 0 Å². The van der Waals surface area contributed by atoms with Crippen LogP contribution in [-0.4, -0.2) is 36.2 Å². The highest BCUT2D eigenvalue weighted by Gasteiger charge is 2.06. The summed E-state index contributed by atoms with van der Waals surface area (Å²) < 4.78 is 0. The number of likely N-dealkylation sites (N-methyl/N-ethyl adjacent to an activating group) is 1. The second-order valence-corrected chi connectivity index (χ2v) is 4.65. The van der Waals surface area contributed by atoms with E-state index in [1.807, 2.05) is 7.05 Å². The van der Waals surface area contributed by atoms with Crippen LogP contribution in [0.25, 0.3) is 0 Å². The summed E-state index contributed by atoms with van der Waals surface area (Å²) >= 11 is 0. The topological polar surface area (TPSA) is 49.5 Å². The molecule has 17 heavy (non-hydrogen) atoms. The van der Waals surface area contributed by atoms with Crippen molar-refractivity contribution in [1.82, 2.24) is 4.90 Å². The van der Waals surface area contributed by atoms with Crippen LogP contribution in [-0.2, 0) is 13.0 Å². The first kappa shape index (κ1) is 14.2. The van der Waals surface area contributed by atoms with Crippen LogP contribution < -0.4 is 5.73 Å². The minimum atomic E-state index is -0.431. The first-order valence-corrected chi connectivity index (χ1v) is 6.30. The molecule has 3 nitrogen and oxygen atoms in total. The van der Waals surface area contributed by atoms with E-state index in [9.17, 15) is 5.11 Å². The van der Waals surface area contributed by atoms with Crippen molar-refractivity contribution in [2.75, 3.05) is 20.1 Å². The summed E-state index contributed by atoms with van der Waals surface area (Å²) in [6.45, 7) is 3.98. The molecule has 0 heterocycles. The normalized spacial score (nSPS) is 13.0. The molecule has 0 aliphatic heterocycles. The van der Waals surface area contributed by atoms with E-state index < -0.39 is 6.10 Å². The maximum Gasteiger partial charge on any atom is 0.0789 e. The average molecular weight is 236 g/mol. The molecule has 96 valence electrons. The molecule has 1 rings (SSSR count). The van der Waals surface area contributed by atoms with Crippen molar-refractivity contribution in [2.45, 2.75) is 32.4 Å². The van der Waals surface area contributed by atoms with Crippen LogP contribution in [0.4, 0.5) is 0 Å². The molecule has 3 heteroatoms. The van der Waals surface area contributed by atoms with Gasteiger partial charge in [0.25, 0.3) is 0 Å². The fourth-order valence-corrected chi connectivity index (χ4v) is 1.91. The number of aliphatic hydroxyl groups is 1. The Labute approximate surface area is 104 Å². The standard InChI is InChI=1S/C14H24N2O/c1-3-4-12-5-7-13(8-6-12)10-16(2)11-14(17)9-15/h5-8,14,17H,3-4,9-11,15H2,1-2H3. The summed E-state index contributed by atoms with van der Waals surface area (Å²) in [6.07, 6.45) is 1.89. The third-order valence-electron chi connectivity index (χ3n) is 2.81. The third-order valence-corrected chi connectivity index (χ3v) is 2.81. The fraction of sp³-hybridized carbons (Fsp3) is 0.571. The molecule has 0 amide bonds. The second-order valence-electron chi connectivity index (χ2n) is 4.65. The maximum absolute atomic E-state index is 9.45. The molecule has 1 unspecified atom stereocenters. The maximum atomic E-state index is 9.45. The van der Waals surface area contributed by atoms with E-state index in [4.69, 9.17) is 5.73 Å². The SMILES string of the molecule is CCCc1ccc(CN(C)CC(O)CN)cc1. The Morgan fingerprint density at radius 3 is 2.35 bits per heavy atom. The van der Waals surface area contributed by atoms with Gasteiger partial charge in [-0.2, -0.15) is 0 Å². The quantitative estimate of drug-likeness (QED) is 0.752. The van der Waals surface area contributed by atoms with Crippen LogP contribution >= 0.6 is 0 Å². The molecule has 0 aromatic heterocycles. The highest BCUT2D eigenvalue weighted by molar-refractivity contribution is 5.22. The predicted octanol–water partition coefficient (Wildman–Crippen LogP) is 1.39. The molecule has 1 atom stereocenters. The van der Waals surface area contributed by atoms with Crippen molar-refractivity contribution >= 4 is 0 Å². The van der Waals surface area contributed by atoms with Crippen molar-refractivity contribution in [3.05, 3.63) is 35.4 Å². The monoisotopic (exact) mass is 236 g/mol. The molecule has 0 saturated heterocycles. The molecule has 3 N–H and O–H groups in total. The highest BCUT2D eigenvalue weighted by atomic mass is 16.3. The van der Waals surface area contributed by atoms with Gasteiger partial charge in [-0.3, -0.25) is 4.90 Å². The molecule has 0 aliphatic rings. The minimum Gasteiger partial charge on any atom is -0.390 e. The molecule has 0 saturated carbocycles. The lowest BCUT2D eigenvalue weighted by Crippen LogP contribution is -2.33. The molecule has 0 bridgehead atoms. The van der Waals surface area contributed by atoms with Crippen LogP contribution in [0.1, 0.15) is 24.5 Å². The van der Waals surface area contributed by atoms with Gasteiger partial charge in [-0.15, -0.1) is 0 Å². The van der Waals surface area contributed by atoms with Gasteiger partial charge in [0.1, 0.15) is 0 Å². The number of rotatable bonds is 7. The van der Waals surface area contributed by atoms with Crippen molar-refractivity contribution in [3.8, 4) is 0 Å². The van der Waals surface area contributed by atoms with Crippen molar-refractivity contribution < 1.29 is 5.11 Å². The predicted molar refractivity (Wildman–Crippen MR) is 71.8 cm³/mol. The van der Waals surface area contributed by atoms with Gasteiger partial charge in [0, 0.05) is 19.6 Å². The number of nitrogens with zero attached hydrogens (tertiary/aromatic N) is 1. The van der Waals surface area contributed by atoms with Gasteiger partial charge in [-0.1, -0.05) is 37.6 Å². The molecule has 0 spiro atoms. The summed E-state index contributed by atoms with van der Waals surface area (Å²) in [4.78, 5) is 2.09. The second kappa shape index (κ2) is 7.43. The van der Waals surface area contributed by atoms with Crippen LogP contribution in [0.3, 0.4) is 0 Å². The van der Waals surface area contributed by atoms with E-state index in [0.717, 1.165) is 13.0 Å². The number of hydrogen-bond acceptors (Lipinski definition) is 3. The van der Waals surface area contributed by atoms with Gasteiger partial charge in [0.05, 0.1) is 6.10 Å². The lowest BCUT2D eigenvalue weighted by atomic mass is 10.1. The van der Waals surface area contributed by atoms with E-state index in [1.54, 1.807) is 0 Å². The van der Waals surface area contributed by atoms with Crippen LogP contribution in [0.15, 0.2) is 24.3 Å². The van der Waals surface area contributed by atoms with E-state index in [-0.39, 0.29) is 0 Å². The molecule has 0 fully saturated rings. The highest BCUT2D eigenvalue weighted by Crippen LogP contribution is 2.08. The number of nitrogens with two attached hydrogens (primary N) is 1. The van der Waals surface area contributed by atoms with Crippen molar-refractivity contribution in [1.29, 1.82) is 0 Å². The van der Waals surface area contributed by atoms with E-state index in [1.165, 1.54) is 17.5 Å². The Morgan fingerprint density at radius 1 is 1.24 bits per heavy atom. The fourth-order valence-electron chi connectivity index (χ4n) is 1.91. The van der Waals surface area contributed by atoms with Crippen LogP contribution in [0.5, 0.6) is 0 Å². The van der Waals surface area contributed by atoms with Gasteiger partial charge in [-0.05, 0) is 24.6 Å². The van der Waals surface area contributed by atoms with Crippen LogP contribution in [0, 0.1) is 0 Å². The summed E-state index contributed by atoms with van der Waals surface area (Å²) in [5, 5.41) is 9.45. The Kier molecular flexibility index (Phi) is 6.19. The largest absolute Gasteiger partial charge is 0.390 e. The summed E-state index contributed by atoms with van der Waals surface area (Å²) in [5.74, 6) is 0. The zero-order valence-corrected chi connectivity index (χ0v) is 10.9. The first-order valence-electron chi connectivity index (χ1n) is 6.30.